The lowest BCUT2D eigenvalue weighted by Gasteiger charge is -2.27. The van der Waals surface area contributed by atoms with Crippen molar-refractivity contribution >= 4 is 5.97 Å². The van der Waals surface area contributed by atoms with Gasteiger partial charge in [-0.15, -0.1) is 0 Å². The predicted molar refractivity (Wildman–Crippen MR) is 79.6 cm³/mol. The quantitative estimate of drug-likeness (QED) is 0.586. The Morgan fingerprint density at radius 2 is 2.15 bits per heavy atom. The molecule has 1 aromatic rings. The third kappa shape index (κ3) is 4.07. The van der Waals surface area contributed by atoms with Crippen molar-refractivity contribution in [3.05, 3.63) is 17.7 Å². The third-order valence-electron chi connectivity index (χ3n) is 3.87. The van der Waals surface area contributed by atoms with Crippen LogP contribution in [0, 0.1) is 13.8 Å². The van der Waals surface area contributed by atoms with Crippen LogP contribution >= 0.6 is 0 Å². The second-order valence-corrected chi connectivity index (χ2v) is 5.42. The number of nitrogens with zero attached hydrogens (tertiary/aromatic N) is 2. The molecule has 0 aliphatic rings. The van der Waals surface area contributed by atoms with Gasteiger partial charge in [-0.05, 0) is 46.6 Å². The molecular weight excluding hydrogens is 254 g/mol. The maximum absolute atomic E-state index is 11.8. The van der Waals surface area contributed by atoms with E-state index in [1.807, 2.05) is 27.1 Å². The van der Waals surface area contributed by atoms with Gasteiger partial charge >= 0.3 is 5.97 Å². The molecule has 1 atom stereocenters. The lowest BCUT2D eigenvalue weighted by Crippen LogP contribution is -2.50. The molecule has 0 amide bonds. The number of nitrogens with one attached hydrogen (secondary N) is 1. The van der Waals surface area contributed by atoms with Gasteiger partial charge in [-0.3, -0.25) is 4.79 Å². The minimum Gasteiger partial charge on any atom is -0.468 e. The summed E-state index contributed by atoms with van der Waals surface area (Å²) in [6.07, 6.45) is 4.65. The average Bonchev–Trinajstić information content (AvgIpc) is 2.74. The lowest BCUT2D eigenvalue weighted by atomic mass is 9.94. The molecule has 0 saturated carbocycles. The number of hydrogen-bond acceptors (Lipinski definition) is 4. The van der Waals surface area contributed by atoms with Gasteiger partial charge in [0.05, 0.1) is 19.1 Å². The molecule has 1 rings (SSSR count). The van der Waals surface area contributed by atoms with E-state index >= 15 is 0 Å². The number of aromatic nitrogens is 2. The fourth-order valence-electron chi connectivity index (χ4n) is 2.41. The Morgan fingerprint density at radius 3 is 2.65 bits per heavy atom. The summed E-state index contributed by atoms with van der Waals surface area (Å²) in [6.45, 7) is 9.71. The maximum atomic E-state index is 11.8. The van der Waals surface area contributed by atoms with E-state index in [2.05, 4.69) is 21.8 Å². The fourth-order valence-corrected chi connectivity index (χ4v) is 2.41. The summed E-state index contributed by atoms with van der Waals surface area (Å²) in [7, 11) is 1.44. The molecule has 0 saturated heterocycles. The van der Waals surface area contributed by atoms with Crippen LogP contribution in [0.1, 0.15) is 44.5 Å². The Bertz CT molecular complexity index is 442. The number of unbranched alkanes of at least 4 members (excludes halogenated alkanes) is 1. The minimum atomic E-state index is -0.580. The number of methoxy groups -OCH3 is 1. The number of rotatable bonds is 8. The normalized spacial score (nSPS) is 14.1. The summed E-state index contributed by atoms with van der Waals surface area (Å²) in [5.74, 6) is -0.186. The molecule has 0 bridgehead atoms. The molecule has 5 heteroatoms. The molecule has 114 valence electrons. The third-order valence-corrected chi connectivity index (χ3v) is 3.87. The molecule has 0 aliphatic carbocycles. The van der Waals surface area contributed by atoms with Crippen LogP contribution < -0.4 is 5.32 Å². The molecule has 0 aromatic carbocycles. The number of likely N-dealkylation sites (N-methyl/N-ethyl adjacent to an activating group) is 1. The first-order valence-electron chi connectivity index (χ1n) is 7.26. The second kappa shape index (κ2) is 7.43. The standard InChI is InChI=1S/C15H27N3O2/c1-6-17-15(4,14(19)20-5)9-7-8-10-18-11-16-12(2)13(18)3/h11,17H,6-10H2,1-5H3. The number of hydrogen-bond donors (Lipinski definition) is 1. The summed E-state index contributed by atoms with van der Waals surface area (Å²) < 4.78 is 7.05. The van der Waals surface area contributed by atoms with Gasteiger partial charge < -0.3 is 14.6 Å². The zero-order valence-electron chi connectivity index (χ0n) is 13.3. The van der Waals surface area contributed by atoms with E-state index in [9.17, 15) is 4.79 Å². The van der Waals surface area contributed by atoms with Crippen LogP contribution in [0.25, 0.3) is 0 Å². The number of ether oxygens (including phenoxy) is 1. The van der Waals surface area contributed by atoms with Gasteiger partial charge in [0.2, 0.25) is 0 Å². The highest BCUT2D eigenvalue weighted by Crippen LogP contribution is 2.16. The van der Waals surface area contributed by atoms with Crippen LogP contribution in [-0.4, -0.2) is 34.7 Å². The van der Waals surface area contributed by atoms with E-state index in [0.29, 0.717) is 0 Å². The zero-order valence-corrected chi connectivity index (χ0v) is 13.3. The van der Waals surface area contributed by atoms with Gasteiger partial charge in [0.1, 0.15) is 5.54 Å². The monoisotopic (exact) mass is 281 g/mol. The molecule has 1 aromatic heterocycles. The zero-order chi connectivity index (χ0) is 15.2. The van der Waals surface area contributed by atoms with Crippen molar-refractivity contribution in [2.24, 2.45) is 0 Å². The van der Waals surface area contributed by atoms with E-state index < -0.39 is 5.54 Å². The molecule has 0 aliphatic heterocycles. The van der Waals surface area contributed by atoms with Crippen molar-refractivity contribution in [2.75, 3.05) is 13.7 Å². The molecule has 1 heterocycles. The Kier molecular flexibility index (Phi) is 6.20. The highest BCUT2D eigenvalue weighted by Gasteiger charge is 2.32. The molecule has 5 nitrogen and oxygen atoms in total. The highest BCUT2D eigenvalue weighted by atomic mass is 16.5. The van der Waals surface area contributed by atoms with E-state index in [1.165, 1.54) is 12.8 Å². The molecule has 1 N–H and O–H groups in total. The molecule has 1 unspecified atom stereocenters. The molecule has 20 heavy (non-hydrogen) atoms. The number of aryl methyl sites for hydroxylation is 2. The Morgan fingerprint density at radius 1 is 1.45 bits per heavy atom. The lowest BCUT2D eigenvalue weighted by molar-refractivity contribution is -0.148. The fraction of sp³-hybridized carbons (Fsp3) is 0.733. The largest absolute Gasteiger partial charge is 0.468 e. The smallest absolute Gasteiger partial charge is 0.325 e. The number of imidazole rings is 1. The van der Waals surface area contributed by atoms with E-state index in [4.69, 9.17) is 4.74 Å². The van der Waals surface area contributed by atoms with Gasteiger partial charge in [0, 0.05) is 12.2 Å². The first kappa shape index (κ1) is 16.7. The van der Waals surface area contributed by atoms with Gasteiger partial charge in [-0.25, -0.2) is 4.98 Å². The summed E-state index contributed by atoms with van der Waals surface area (Å²) in [5.41, 5.74) is 1.72. The topological polar surface area (TPSA) is 56.2 Å². The minimum absolute atomic E-state index is 0.186. The first-order chi connectivity index (χ1) is 9.44. The first-order valence-corrected chi connectivity index (χ1v) is 7.26. The van der Waals surface area contributed by atoms with Crippen LogP contribution in [-0.2, 0) is 16.1 Å². The van der Waals surface area contributed by atoms with Crippen molar-refractivity contribution in [1.29, 1.82) is 0 Å². The van der Waals surface area contributed by atoms with Gasteiger partial charge in [-0.2, -0.15) is 0 Å². The van der Waals surface area contributed by atoms with Crippen molar-refractivity contribution < 1.29 is 9.53 Å². The van der Waals surface area contributed by atoms with Crippen molar-refractivity contribution in [2.45, 2.75) is 59.0 Å². The molecular formula is C15H27N3O2. The van der Waals surface area contributed by atoms with Crippen molar-refractivity contribution in [3.8, 4) is 0 Å². The summed E-state index contributed by atoms with van der Waals surface area (Å²) >= 11 is 0. The van der Waals surface area contributed by atoms with E-state index in [1.54, 1.807) is 0 Å². The summed E-state index contributed by atoms with van der Waals surface area (Å²) in [4.78, 5) is 16.1. The van der Waals surface area contributed by atoms with Crippen LogP contribution in [0.2, 0.25) is 0 Å². The van der Waals surface area contributed by atoms with Gasteiger partial charge in [-0.1, -0.05) is 6.92 Å². The molecule has 0 radical (unpaired) electrons. The van der Waals surface area contributed by atoms with E-state index in [0.717, 1.165) is 38.0 Å². The van der Waals surface area contributed by atoms with Gasteiger partial charge in [0.15, 0.2) is 0 Å². The highest BCUT2D eigenvalue weighted by molar-refractivity contribution is 5.80. The van der Waals surface area contributed by atoms with Crippen molar-refractivity contribution in [1.82, 2.24) is 14.9 Å². The van der Waals surface area contributed by atoms with Crippen LogP contribution in [0.4, 0.5) is 0 Å². The van der Waals surface area contributed by atoms with E-state index in [-0.39, 0.29) is 5.97 Å². The SMILES string of the molecule is CCNC(C)(CCCCn1cnc(C)c1C)C(=O)OC. The number of carbonyl (C=O) groups is 1. The summed E-state index contributed by atoms with van der Waals surface area (Å²) in [5, 5.41) is 3.23. The number of carbonyl (C=O) groups excluding carboxylic acids is 1. The average molecular weight is 281 g/mol. The van der Waals surface area contributed by atoms with Crippen LogP contribution in [0.15, 0.2) is 6.33 Å². The van der Waals surface area contributed by atoms with Gasteiger partial charge in [0.25, 0.3) is 0 Å². The second-order valence-electron chi connectivity index (χ2n) is 5.42. The van der Waals surface area contributed by atoms with Crippen molar-refractivity contribution in [3.63, 3.8) is 0 Å². The van der Waals surface area contributed by atoms with Crippen LogP contribution in [0.5, 0.6) is 0 Å². The number of esters is 1. The Labute approximate surface area is 121 Å². The molecule has 0 spiro atoms. The molecule has 0 fully saturated rings. The predicted octanol–water partition coefficient (Wildman–Crippen LogP) is 2.21. The maximum Gasteiger partial charge on any atom is 0.325 e. The Balaban J connectivity index is 2.45. The Hall–Kier alpha value is -1.36. The summed E-state index contributed by atoms with van der Waals surface area (Å²) in [6, 6.07) is 0. The van der Waals surface area contributed by atoms with Crippen LogP contribution in [0.3, 0.4) is 0 Å².